The molecule has 1 aromatic carbocycles. The molecule has 0 saturated carbocycles. The number of aromatic nitrogens is 4. The Hall–Kier alpha value is -3.22. The van der Waals surface area contributed by atoms with Gasteiger partial charge in [0, 0.05) is 50.2 Å². The normalized spacial score (nSPS) is 14.4. The van der Waals surface area contributed by atoms with Crippen molar-refractivity contribution in [3.05, 3.63) is 65.5 Å². The van der Waals surface area contributed by atoms with Crippen molar-refractivity contribution < 1.29 is 4.79 Å². The lowest BCUT2D eigenvalue weighted by molar-refractivity contribution is 0.0745. The van der Waals surface area contributed by atoms with E-state index < -0.39 is 0 Å². The van der Waals surface area contributed by atoms with Crippen molar-refractivity contribution in [2.24, 2.45) is 0 Å². The summed E-state index contributed by atoms with van der Waals surface area (Å²) in [4.78, 5) is 30.1. The molecule has 0 N–H and O–H groups in total. The van der Waals surface area contributed by atoms with Gasteiger partial charge in [-0.05, 0) is 32.4 Å². The summed E-state index contributed by atoms with van der Waals surface area (Å²) in [7, 11) is 0. The van der Waals surface area contributed by atoms with Crippen LogP contribution in [-0.2, 0) is 0 Å². The predicted molar refractivity (Wildman–Crippen MR) is 108 cm³/mol. The van der Waals surface area contributed by atoms with E-state index in [1.807, 2.05) is 60.7 Å². The van der Waals surface area contributed by atoms with Crippen LogP contribution in [0.4, 0.5) is 5.82 Å². The Labute approximate surface area is 164 Å². The van der Waals surface area contributed by atoms with Crippen molar-refractivity contribution >= 4 is 11.7 Å². The van der Waals surface area contributed by atoms with Gasteiger partial charge in [-0.1, -0.05) is 17.7 Å². The zero-order valence-corrected chi connectivity index (χ0v) is 16.5. The zero-order valence-electron chi connectivity index (χ0n) is 16.5. The van der Waals surface area contributed by atoms with E-state index in [1.165, 1.54) is 0 Å². The number of hydrogen-bond acceptors (Lipinski definition) is 5. The number of benzene rings is 1. The molecule has 1 amide bonds. The zero-order chi connectivity index (χ0) is 19.7. The highest BCUT2D eigenvalue weighted by atomic mass is 16.2. The van der Waals surface area contributed by atoms with E-state index in [2.05, 4.69) is 19.9 Å². The monoisotopic (exact) mass is 376 g/mol. The molecule has 1 saturated heterocycles. The van der Waals surface area contributed by atoms with E-state index in [9.17, 15) is 4.79 Å². The van der Waals surface area contributed by atoms with Gasteiger partial charge in [-0.15, -0.1) is 0 Å². The van der Waals surface area contributed by atoms with Crippen molar-refractivity contribution in [2.75, 3.05) is 31.1 Å². The Balaban J connectivity index is 1.47. The van der Waals surface area contributed by atoms with E-state index in [4.69, 9.17) is 0 Å². The molecule has 1 aliphatic rings. The topological polar surface area (TPSA) is 67.2 Å². The molecule has 7 nitrogen and oxygen atoms in total. The summed E-state index contributed by atoms with van der Waals surface area (Å²) in [5.41, 5.74) is 2.93. The second kappa shape index (κ2) is 7.42. The summed E-state index contributed by atoms with van der Waals surface area (Å²) in [5.74, 6) is 2.66. The summed E-state index contributed by atoms with van der Waals surface area (Å²) in [5, 5.41) is 0. The van der Waals surface area contributed by atoms with Gasteiger partial charge < -0.3 is 9.80 Å². The Morgan fingerprint density at radius 3 is 2.39 bits per heavy atom. The minimum Gasteiger partial charge on any atom is -0.353 e. The number of amides is 1. The summed E-state index contributed by atoms with van der Waals surface area (Å²) in [6.45, 7) is 8.79. The van der Waals surface area contributed by atoms with Crippen LogP contribution in [0.5, 0.6) is 0 Å². The summed E-state index contributed by atoms with van der Waals surface area (Å²) < 4.78 is 1.94. The SMILES string of the molecule is Cc1ccc(C)c(C(=O)N2CCN(c3cc(-n4ccnc4C)ncn3)CC2)c1. The highest BCUT2D eigenvalue weighted by Gasteiger charge is 2.24. The van der Waals surface area contributed by atoms with Crippen molar-refractivity contribution in [1.29, 1.82) is 0 Å². The molecule has 3 aromatic rings. The molecule has 0 radical (unpaired) electrons. The first-order valence-electron chi connectivity index (χ1n) is 9.47. The molecule has 0 atom stereocenters. The number of piperazine rings is 1. The first-order chi connectivity index (χ1) is 13.5. The average molecular weight is 376 g/mol. The average Bonchev–Trinajstić information content (AvgIpc) is 3.15. The second-order valence-corrected chi connectivity index (χ2v) is 7.18. The summed E-state index contributed by atoms with van der Waals surface area (Å²) >= 11 is 0. The smallest absolute Gasteiger partial charge is 0.254 e. The molecule has 0 aliphatic carbocycles. The van der Waals surface area contributed by atoms with Crippen molar-refractivity contribution in [3.8, 4) is 5.82 Å². The molecule has 7 heteroatoms. The molecule has 2 aromatic heterocycles. The lowest BCUT2D eigenvalue weighted by Crippen LogP contribution is -2.49. The molecule has 28 heavy (non-hydrogen) atoms. The number of hydrogen-bond donors (Lipinski definition) is 0. The Morgan fingerprint density at radius 1 is 0.929 bits per heavy atom. The standard InChI is InChI=1S/C21H24N6O/c1-15-4-5-16(2)18(12-15)21(28)26-10-8-25(9-11-26)19-13-20(24-14-23-19)27-7-6-22-17(27)3/h4-7,12-14H,8-11H2,1-3H3. The molecule has 0 spiro atoms. The number of carbonyl (C=O) groups excluding carboxylic acids is 1. The minimum atomic E-state index is 0.110. The third-order valence-corrected chi connectivity index (χ3v) is 5.23. The van der Waals surface area contributed by atoms with Gasteiger partial charge >= 0.3 is 0 Å². The molecular weight excluding hydrogens is 352 g/mol. The van der Waals surface area contributed by atoms with Crippen LogP contribution >= 0.6 is 0 Å². The summed E-state index contributed by atoms with van der Waals surface area (Å²) in [6, 6.07) is 8.00. The van der Waals surface area contributed by atoms with Gasteiger partial charge in [-0.2, -0.15) is 0 Å². The number of anilines is 1. The fraction of sp³-hybridized carbons (Fsp3) is 0.333. The number of imidazole rings is 1. The Kier molecular flexibility index (Phi) is 4.81. The van der Waals surface area contributed by atoms with Gasteiger partial charge in [-0.3, -0.25) is 9.36 Å². The van der Waals surface area contributed by atoms with Crippen LogP contribution in [0.25, 0.3) is 5.82 Å². The van der Waals surface area contributed by atoms with Crippen LogP contribution in [0.2, 0.25) is 0 Å². The molecular formula is C21H24N6O. The fourth-order valence-corrected chi connectivity index (χ4v) is 3.54. The van der Waals surface area contributed by atoms with E-state index >= 15 is 0 Å². The highest BCUT2D eigenvalue weighted by molar-refractivity contribution is 5.96. The van der Waals surface area contributed by atoms with Crippen LogP contribution in [0.1, 0.15) is 27.3 Å². The fourth-order valence-electron chi connectivity index (χ4n) is 3.54. The Bertz CT molecular complexity index is 1000. The number of nitrogens with zero attached hydrogens (tertiary/aromatic N) is 6. The van der Waals surface area contributed by atoms with Crippen LogP contribution in [0.3, 0.4) is 0 Å². The quantitative estimate of drug-likeness (QED) is 0.703. The first-order valence-corrected chi connectivity index (χ1v) is 9.47. The molecule has 0 unspecified atom stereocenters. The van der Waals surface area contributed by atoms with Gasteiger partial charge in [-0.25, -0.2) is 15.0 Å². The third kappa shape index (κ3) is 3.47. The van der Waals surface area contributed by atoms with Gasteiger partial charge in [0.25, 0.3) is 5.91 Å². The first kappa shape index (κ1) is 18.2. The van der Waals surface area contributed by atoms with Crippen molar-refractivity contribution in [1.82, 2.24) is 24.4 Å². The maximum Gasteiger partial charge on any atom is 0.254 e. The lowest BCUT2D eigenvalue weighted by atomic mass is 10.0. The minimum absolute atomic E-state index is 0.110. The molecule has 3 heterocycles. The molecule has 1 aliphatic heterocycles. The molecule has 4 rings (SSSR count). The highest BCUT2D eigenvalue weighted by Crippen LogP contribution is 2.19. The number of carbonyl (C=O) groups is 1. The number of rotatable bonds is 3. The second-order valence-electron chi connectivity index (χ2n) is 7.18. The van der Waals surface area contributed by atoms with Gasteiger partial charge in [0.15, 0.2) is 0 Å². The van der Waals surface area contributed by atoms with E-state index in [0.717, 1.165) is 47.2 Å². The van der Waals surface area contributed by atoms with E-state index in [0.29, 0.717) is 13.1 Å². The van der Waals surface area contributed by atoms with Crippen molar-refractivity contribution in [3.63, 3.8) is 0 Å². The van der Waals surface area contributed by atoms with Crippen LogP contribution in [0.15, 0.2) is 43.0 Å². The largest absolute Gasteiger partial charge is 0.353 e. The van der Waals surface area contributed by atoms with Gasteiger partial charge in [0.1, 0.15) is 23.8 Å². The molecule has 0 bridgehead atoms. The maximum atomic E-state index is 12.9. The van der Waals surface area contributed by atoms with Crippen LogP contribution < -0.4 is 4.90 Å². The molecule has 144 valence electrons. The lowest BCUT2D eigenvalue weighted by Gasteiger charge is -2.35. The van der Waals surface area contributed by atoms with E-state index in [-0.39, 0.29) is 5.91 Å². The van der Waals surface area contributed by atoms with Crippen molar-refractivity contribution in [2.45, 2.75) is 20.8 Å². The predicted octanol–water partition coefficient (Wildman–Crippen LogP) is 2.55. The maximum absolute atomic E-state index is 12.9. The van der Waals surface area contributed by atoms with E-state index in [1.54, 1.807) is 12.5 Å². The molecule has 1 fully saturated rings. The van der Waals surface area contributed by atoms with Gasteiger partial charge in [0.2, 0.25) is 0 Å². The third-order valence-electron chi connectivity index (χ3n) is 5.23. The summed E-state index contributed by atoms with van der Waals surface area (Å²) in [6.07, 6.45) is 5.23. The van der Waals surface area contributed by atoms with Gasteiger partial charge in [0.05, 0.1) is 0 Å². The van der Waals surface area contributed by atoms with Crippen LogP contribution in [0, 0.1) is 20.8 Å². The Morgan fingerprint density at radius 2 is 1.68 bits per heavy atom. The number of aryl methyl sites for hydroxylation is 3. The van der Waals surface area contributed by atoms with Crippen LogP contribution in [-0.4, -0.2) is 56.5 Å².